The van der Waals surface area contributed by atoms with Crippen molar-refractivity contribution in [1.29, 1.82) is 0 Å². The number of nitrogens with zero attached hydrogens (tertiary/aromatic N) is 2. The van der Waals surface area contributed by atoms with Crippen molar-refractivity contribution in [3.8, 4) is 0 Å². The molecule has 1 heterocycles. The Bertz CT molecular complexity index is 783. The molecule has 9 heteroatoms. The number of hydrazone groups is 1. The van der Waals surface area contributed by atoms with E-state index in [9.17, 15) is 14.3 Å². The van der Waals surface area contributed by atoms with Crippen LogP contribution in [0, 0.1) is 24.1 Å². The summed E-state index contributed by atoms with van der Waals surface area (Å²) in [6, 6.07) is 1.41. The summed E-state index contributed by atoms with van der Waals surface area (Å²) in [4.78, 5) is 14.1. The van der Waals surface area contributed by atoms with Crippen LogP contribution in [0.25, 0.3) is 0 Å². The summed E-state index contributed by atoms with van der Waals surface area (Å²) in [6.45, 7) is 11.3. The van der Waals surface area contributed by atoms with Gasteiger partial charge < -0.3 is 20.1 Å². The monoisotopic (exact) mass is 456 g/mol. The predicted octanol–water partition coefficient (Wildman–Crippen LogP) is 4.33. The number of methoxy groups -OCH3 is 1. The zero-order valence-corrected chi connectivity index (χ0v) is 19.6. The Labute approximate surface area is 189 Å². The summed E-state index contributed by atoms with van der Waals surface area (Å²) < 4.78 is 20.0. The summed E-state index contributed by atoms with van der Waals surface area (Å²) >= 11 is 6.07. The molecule has 7 nitrogen and oxygen atoms in total. The van der Waals surface area contributed by atoms with E-state index < -0.39 is 17.3 Å². The lowest BCUT2D eigenvalue weighted by molar-refractivity contribution is -0.0165. The Balaban J connectivity index is 2.11. The number of halogens is 2. The molecule has 3 N–H and O–H groups in total. The number of urea groups is 1. The minimum Gasteiger partial charge on any atom is -0.388 e. The Morgan fingerprint density at radius 1 is 1.48 bits per heavy atom. The maximum atomic E-state index is 15.0. The van der Waals surface area contributed by atoms with Crippen molar-refractivity contribution < 1.29 is 19.0 Å². The maximum Gasteiger partial charge on any atom is 0.317 e. The molecule has 1 saturated heterocycles. The number of hydrogen-bond acceptors (Lipinski definition) is 5. The van der Waals surface area contributed by atoms with Crippen LogP contribution in [-0.4, -0.2) is 56.1 Å². The van der Waals surface area contributed by atoms with Crippen LogP contribution in [0.3, 0.4) is 0 Å². The van der Waals surface area contributed by atoms with Gasteiger partial charge in [0.05, 0.1) is 16.8 Å². The standard InChI is InChI=1S/C22H34ClFN4O3/c1-14-13-16(23)18(24)17(19(14)27-25-4)20(29)22(2,3)15-7-10-28(11-8-15)21(30)26-9-6-12-31-5/h13,15,20,27,29H,4,6-12H2,1-3,5H3,(H,26,30). The van der Waals surface area contributed by atoms with Gasteiger partial charge in [0.25, 0.3) is 0 Å². The van der Waals surface area contributed by atoms with Crippen LogP contribution in [0.5, 0.6) is 0 Å². The molecule has 1 aliphatic rings. The van der Waals surface area contributed by atoms with E-state index >= 15 is 0 Å². The summed E-state index contributed by atoms with van der Waals surface area (Å²) in [6.07, 6.45) is 1.06. The summed E-state index contributed by atoms with van der Waals surface area (Å²) in [5.41, 5.74) is 3.20. The number of carbonyl (C=O) groups excluding carboxylic acids is 1. The van der Waals surface area contributed by atoms with Gasteiger partial charge in [-0.3, -0.25) is 5.43 Å². The Morgan fingerprint density at radius 2 is 2.13 bits per heavy atom. The van der Waals surface area contributed by atoms with Gasteiger partial charge in [-0.2, -0.15) is 5.10 Å². The van der Waals surface area contributed by atoms with Crippen LogP contribution in [-0.2, 0) is 4.74 Å². The molecular formula is C22H34ClFN4O3. The molecule has 1 fully saturated rings. The minimum atomic E-state index is -1.12. The average Bonchev–Trinajstić information content (AvgIpc) is 2.75. The van der Waals surface area contributed by atoms with Crippen LogP contribution < -0.4 is 10.7 Å². The minimum absolute atomic E-state index is 0.0445. The first-order valence-corrected chi connectivity index (χ1v) is 10.9. The van der Waals surface area contributed by atoms with E-state index in [0.717, 1.165) is 6.42 Å². The third kappa shape index (κ3) is 5.87. The molecule has 31 heavy (non-hydrogen) atoms. The highest BCUT2D eigenvalue weighted by Crippen LogP contribution is 2.48. The molecule has 1 atom stereocenters. The molecule has 2 amide bonds. The molecule has 0 radical (unpaired) electrons. The number of anilines is 1. The van der Waals surface area contributed by atoms with Crippen molar-refractivity contribution in [3.63, 3.8) is 0 Å². The number of nitrogens with one attached hydrogen (secondary N) is 2. The molecule has 1 aliphatic heterocycles. The number of piperidine rings is 1. The molecule has 0 aromatic heterocycles. The van der Waals surface area contributed by atoms with Gasteiger partial charge in [0.2, 0.25) is 0 Å². The van der Waals surface area contributed by atoms with Gasteiger partial charge in [0.15, 0.2) is 0 Å². The predicted molar refractivity (Wildman–Crippen MR) is 122 cm³/mol. The second-order valence-corrected chi connectivity index (χ2v) is 9.02. The van der Waals surface area contributed by atoms with Crippen molar-refractivity contribution in [3.05, 3.63) is 28.0 Å². The van der Waals surface area contributed by atoms with E-state index in [1.54, 1.807) is 18.9 Å². The third-order valence-electron chi connectivity index (χ3n) is 6.26. The second kappa shape index (κ2) is 11.1. The Hall–Kier alpha value is -1.90. The number of rotatable bonds is 9. The first kappa shape index (κ1) is 25.4. The second-order valence-electron chi connectivity index (χ2n) is 8.61. The van der Waals surface area contributed by atoms with Crippen molar-refractivity contribution in [2.24, 2.45) is 16.4 Å². The fourth-order valence-corrected chi connectivity index (χ4v) is 4.47. The van der Waals surface area contributed by atoms with E-state index in [2.05, 4.69) is 22.6 Å². The molecule has 0 bridgehead atoms. The number of aryl methyl sites for hydroxylation is 1. The number of hydrogen-bond donors (Lipinski definition) is 3. The zero-order chi connectivity index (χ0) is 23.2. The average molecular weight is 457 g/mol. The first-order chi connectivity index (χ1) is 14.6. The largest absolute Gasteiger partial charge is 0.388 e. The molecular weight excluding hydrogens is 423 g/mol. The molecule has 2 rings (SSSR count). The summed E-state index contributed by atoms with van der Waals surface area (Å²) in [5.74, 6) is -0.574. The van der Waals surface area contributed by atoms with Crippen LogP contribution in [0.2, 0.25) is 5.02 Å². The van der Waals surface area contributed by atoms with Crippen LogP contribution in [0.4, 0.5) is 14.9 Å². The Morgan fingerprint density at radius 3 is 2.71 bits per heavy atom. The fourth-order valence-electron chi connectivity index (χ4n) is 4.21. The molecule has 1 aromatic rings. The summed E-state index contributed by atoms with van der Waals surface area (Å²) in [5, 5.41) is 17.8. The number of ether oxygens (including phenoxy) is 1. The highest BCUT2D eigenvalue weighted by molar-refractivity contribution is 6.31. The van der Waals surface area contributed by atoms with Gasteiger partial charge in [-0.25, -0.2) is 9.18 Å². The topological polar surface area (TPSA) is 86.2 Å². The van der Waals surface area contributed by atoms with Gasteiger partial charge in [0.1, 0.15) is 5.82 Å². The lowest BCUT2D eigenvalue weighted by atomic mass is 9.68. The number of likely N-dealkylation sites (tertiary alicyclic amines) is 1. The quantitative estimate of drug-likeness (QED) is 0.293. The zero-order valence-electron chi connectivity index (χ0n) is 18.8. The fraction of sp³-hybridized carbons (Fsp3) is 0.636. The van der Waals surface area contributed by atoms with Crippen molar-refractivity contribution >= 4 is 30.0 Å². The van der Waals surface area contributed by atoms with Gasteiger partial charge in [-0.1, -0.05) is 25.4 Å². The maximum absolute atomic E-state index is 15.0. The highest BCUT2D eigenvalue weighted by Gasteiger charge is 2.42. The Kier molecular flexibility index (Phi) is 9.09. The molecule has 174 valence electrons. The number of aliphatic hydroxyl groups is 1. The summed E-state index contributed by atoms with van der Waals surface area (Å²) in [7, 11) is 1.63. The highest BCUT2D eigenvalue weighted by atomic mass is 35.5. The van der Waals surface area contributed by atoms with Crippen LogP contribution >= 0.6 is 11.6 Å². The lowest BCUT2D eigenvalue weighted by Gasteiger charge is -2.43. The number of amides is 2. The van der Waals surface area contributed by atoms with Crippen molar-refractivity contribution in [1.82, 2.24) is 10.2 Å². The number of benzene rings is 1. The third-order valence-corrected chi connectivity index (χ3v) is 6.53. The van der Waals surface area contributed by atoms with Gasteiger partial charge in [-0.05, 0) is 49.1 Å². The van der Waals surface area contributed by atoms with E-state index in [1.165, 1.54) is 6.07 Å². The van der Waals surface area contributed by atoms with Crippen LogP contribution in [0.1, 0.15) is 50.3 Å². The molecule has 1 unspecified atom stereocenters. The van der Waals surface area contributed by atoms with E-state index in [4.69, 9.17) is 16.3 Å². The van der Waals surface area contributed by atoms with E-state index in [1.807, 2.05) is 13.8 Å². The number of carbonyl (C=O) groups is 1. The molecule has 0 aliphatic carbocycles. The van der Waals surface area contributed by atoms with Gasteiger partial charge >= 0.3 is 6.03 Å². The van der Waals surface area contributed by atoms with E-state index in [-0.39, 0.29) is 22.5 Å². The van der Waals surface area contributed by atoms with Crippen LogP contribution in [0.15, 0.2) is 11.2 Å². The molecule has 0 spiro atoms. The normalized spacial score (nSPS) is 16.2. The lowest BCUT2D eigenvalue weighted by Crippen LogP contribution is -2.47. The van der Waals surface area contributed by atoms with Crippen molar-refractivity contribution in [2.75, 3.05) is 38.8 Å². The molecule has 0 saturated carbocycles. The molecule has 1 aromatic carbocycles. The van der Waals surface area contributed by atoms with E-state index in [0.29, 0.717) is 50.3 Å². The van der Waals surface area contributed by atoms with Gasteiger partial charge in [0, 0.05) is 45.6 Å². The van der Waals surface area contributed by atoms with Gasteiger partial charge in [-0.15, -0.1) is 0 Å². The number of aliphatic hydroxyl groups excluding tert-OH is 1. The first-order valence-electron chi connectivity index (χ1n) is 10.5. The SMILES string of the molecule is C=NNc1c(C)cc(Cl)c(F)c1C(O)C(C)(C)C1CCN(C(=O)NCCCOC)CC1. The smallest absolute Gasteiger partial charge is 0.317 e. The van der Waals surface area contributed by atoms with Crippen molar-refractivity contribution in [2.45, 2.75) is 46.1 Å².